The van der Waals surface area contributed by atoms with E-state index >= 15 is 0 Å². The first-order valence-electron chi connectivity index (χ1n) is 7.98. The first-order valence-corrected chi connectivity index (χ1v) is 7.98. The second-order valence-electron chi connectivity index (χ2n) is 6.06. The Hall–Kier alpha value is -3.06. The van der Waals surface area contributed by atoms with Crippen LogP contribution in [0.5, 0.6) is 0 Å². The fraction of sp³-hybridized carbons (Fsp3) is 0.222. The largest absolute Gasteiger partial charge is 0.394 e. The SMILES string of the molecule is CN(C)CCO/N=C1/C(=O)c2c(nc3ccccn23)-c2cnccc21. The number of pyridine rings is 2. The highest BCUT2D eigenvalue weighted by atomic mass is 16.6. The normalized spacial score (nSPS) is 14.8. The number of Topliss-reactive ketones (excluding diaryl/α,β-unsaturated/α-hetero) is 1. The Morgan fingerprint density at radius 3 is 2.96 bits per heavy atom. The van der Waals surface area contributed by atoms with E-state index in [1.807, 2.05) is 43.4 Å². The van der Waals surface area contributed by atoms with Gasteiger partial charge in [0.15, 0.2) is 5.71 Å². The molecule has 0 amide bonds. The van der Waals surface area contributed by atoms with Crippen molar-refractivity contribution in [2.45, 2.75) is 0 Å². The Morgan fingerprint density at radius 1 is 1.24 bits per heavy atom. The summed E-state index contributed by atoms with van der Waals surface area (Å²) in [6, 6.07) is 7.40. The van der Waals surface area contributed by atoms with Gasteiger partial charge in [0.2, 0.25) is 5.78 Å². The highest BCUT2D eigenvalue weighted by Crippen LogP contribution is 2.33. The molecule has 3 heterocycles. The van der Waals surface area contributed by atoms with Crippen molar-refractivity contribution in [3.63, 3.8) is 0 Å². The van der Waals surface area contributed by atoms with Gasteiger partial charge in [-0.1, -0.05) is 11.2 Å². The maximum Gasteiger partial charge on any atom is 0.234 e. The van der Waals surface area contributed by atoms with Gasteiger partial charge in [0.1, 0.15) is 23.6 Å². The van der Waals surface area contributed by atoms with Gasteiger partial charge in [0.05, 0.1) is 0 Å². The summed E-state index contributed by atoms with van der Waals surface area (Å²) in [5, 5.41) is 4.13. The average Bonchev–Trinajstić information content (AvgIpc) is 3.01. The third kappa shape index (κ3) is 2.58. The Labute approximate surface area is 144 Å². The molecule has 0 N–H and O–H groups in total. The zero-order valence-electron chi connectivity index (χ0n) is 14.0. The molecule has 1 aliphatic carbocycles. The lowest BCUT2D eigenvalue weighted by molar-refractivity contribution is 0.103. The molecular weight excluding hydrogens is 318 g/mol. The van der Waals surface area contributed by atoms with Crippen LogP contribution in [-0.4, -0.2) is 58.0 Å². The van der Waals surface area contributed by atoms with E-state index in [1.165, 1.54) is 0 Å². The minimum atomic E-state index is -0.197. The zero-order chi connectivity index (χ0) is 17.4. The highest BCUT2D eigenvalue weighted by Gasteiger charge is 2.33. The number of hydrogen-bond acceptors (Lipinski definition) is 6. The quantitative estimate of drug-likeness (QED) is 0.538. The molecule has 1 aliphatic rings. The molecule has 0 atom stereocenters. The lowest BCUT2D eigenvalue weighted by Gasteiger charge is -2.16. The number of imidazole rings is 1. The molecule has 126 valence electrons. The molecule has 7 nitrogen and oxygen atoms in total. The predicted molar refractivity (Wildman–Crippen MR) is 93.8 cm³/mol. The number of hydrogen-bond donors (Lipinski definition) is 0. The number of ketones is 1. The molecule has 4 rings (SSSR count). The van der Waals surface area contributed by atoms with Crippen LogP contribution in [0.4, 0.5) is 0 Å². The van der Waals surface area contributed by atoms with Crippen LogP contribution in [0.3, 0.4) is 0 Å². The molecular formula is C18H17N5O2. The molecule has 0 aromatic carbocycles. The van der Waals surface area contributed by atoms with Crippen LogP contribution in [0.25, 0.3) is 16.9 Å². The minimum Gasteiger partial charge on any atom is -0.394 e. The molecule has 0 spiro atoms. The van der Waals surface area contributed by atoms with Gasteiger partial charge in [-0.15, -0.1) is 0 Å². The molecule has 0 saturated carbocycles. The molecule has 0 fully saturated rings. The molecule has 0 saturated heterocycles. The molecule has 0 bridgehead atoms. The van der Waals surface area contributed by atoms with Crippen molar-refractivity contribution >= 4 is 17.1 Å². The van der Waals surface area contributed by atoms with Gasteiger partial charge in [-0.3, -0.25) is 14.2 Å². The van der Waals surface area contributed by atoms with Crippen molar-refractivity contribution in [3.05, 3.63) is 54.1 Å². The highest BCUT2D eigenvalue weighted by molar-refractivity contribution is 6.54. The molecule has 3 aromatic rings. The maximum absolute atomic E-state index is 13.1. The van der Waals surface area contributed by atoms with Crippen molar-refractivity contribution in [1.29, 1.82) is 0 Å². The van der Waals surface area contributed by atoms with Crippen molar-refractivity contribution in [2.24, 2.45) is 5.16 Å². The van der Waals surface area contributed by atoms with E-state index in [4.69, 9.17) is 4.84 Å². The van der Waals surface area contributed by atoms with Crippen LogP contribution >= 0.6 is 0 Å². The van der Waals surface area contributed by atoms with E-state index in [-0.39, 0.29) is 11.5 Å². The Kier molecular flexibility index (Phi) is 3.77. The topological polar surface area (TPSA) is 72.1 Å². The fourth-order valence-corrected chi connectivity index (χ4v) is 2.85. The van der Waals surface area contributed by atoms with E-state index in [0.717, 1.165) is 12.1 Å². The van der Waals surface area contributed by atoms with Crippen LogP contribution in [0.2, 0.25) is 0 Å². The third-order valence-corrected chi connectivity index (χ3v) is 4.08. The summed E-state index contributed by atoms with van der Waals surface area (Å²) in [6.07, 6.45) is 5.18. The minimum absolute atomic E-state index is 0.197. The first kappa shape index (κ1) is 15.5. The summed E-state index contributed by atoms with van der Waals surface area (Å²) in [5.74, 6) is -0.197. The van der Waals surface area contributed by atoms with Crippen LogP contribution in [0, 0.1) is 0 Å². The van der Waals surface area contributed by atoms with E-state index in [0.29, 0.717) is 29.2 Å². The standard InChI is InChI=1S/C18H17N5O2/c1-22(2)9-10-25-21-16-12-6-7-19-11-13(12)15-17(18(16)24)23-8-4-3-5-14(23)20-15/h3-8,11H,9-10H2,1-2H3/b21-16+. The summed E-state index contributed by atoms with van der Waals surface area (Å²) in [4.78, 5) is 29.2. The van der Waals surface area contributed by atoms with Crippen molar-refractivity contribution in [2.75, 3.05) is 27.2 Å². The van der Waals surface area contributed by atoms with Crippen molar-refractivity contribution in [1.82, 2.24) is 19.3 Å². The van der Waals surface area contributed by atoms with E-state index in [1.54, 1.807) is 22.9 Å². The summed E-state index contributed by atoms with van der Waals surface area (Å²) >= 11 is 0. The van der Waals surface area contributed by atoms with Crippen LogP contribution in [0.15, 0.2) is 48.0 Å². The summed E-state index contributed by atoms with van der Waals surface area (Å²) in [5.41, 5.74) is 3.61. The number of carbonyl (C=O) groups is 1. The van der Waals surface area contributed by atoms with Gasteiger partial charge in [-0.25, -0.2) is 4.98 Å². The van der Waals surface area contributed by atoms with Gasteiger partial charge in [-0.05, 0) is 32.3 Å². The summed E-state index contributed by atoms with van der Waals surface area (Å²) in [6.45, 7) is 1.12. The lowest BCUT2D eigenvalue weighted by atomic mass is 9.91. The third-order valence-electron chi connectivity index (χ3n) is 4.08. The van der Waals surface area contributed by atoms with Gasteiger partial charge in [-0.2, -0.15) is 0 Å². The number of rotatable bonds is 4. The Balaban J connectivity index is 1.83. The van der Waals surface area contributed by atoms with Crippen LogP contribution in [-0.2, 0) is 4.84 Å². The molecule has 0 unspecified atom stereocenters. The number of likely N-dealkylation sites (N-methyl/N-ethyl adjacent to an activating group) is 1. The molecule has 25 heavy (non-hydrogen) atoms. The average molecular weight is 335 g/mol. The Morgan fingerprint density at radius 2 is 2.12 bits per heavy atom. The van der Waals surface area contributed by atoms with Gasteiger partial charge >= 0.3 is 0 Å². The number of aromatic nitrogens is 3. The summed E-state index contributed by atoms with van der Waals surface area (Å²) < 4.78 is 1.78. The van der Waals surface area contributed by atoms with Crippen molar-refractivity contribution < 1.29 is 9.63 Å². The second kappa shape index (κ2) is 6.10. The molecule has 0 radical (unpaired) electrons. The van der Waals surface area contributed by atoms with Gasteiger partial charge in [0, 0.05) is 36.3 Å². The molecule has 0 aliphatic heterocycles. The van der Waals surface area contributed by atoms with Crippen LogP contribution < -0.4 is 0 Å². The van der Waals surface area contributed by atoms with E-state index in [9.17, 15) is 4.79 Å². The smallest absolute Gasteiger partial charge is 0.234 e. The lowest BCUT2D eigenvalue weighted by Crippen LogP contribution is -2.24. The molecule has 7 heteroatoms. The molecule has 3 aromatic heterocycles. The first-order chi connectivity index (χ1) is 12.2. The van der Waals surface area contributed by atoms with Crippen LogP contribution in [0.1, 0.15) is 16.1 Å². The predicted octanol–water partition coefficient (Wildman–Crippen LogP) is 1.87. The monoisotopic (exact) mass is 335 g/mol. The fourth-order valence-electron chi connectivity index (χ4n) is 2.85. The van der Waals surface area contributed by atoms with Gasteiger partial charge in [0.25, 0.3) is 0 Å². The number of oxime groups is 1. The van der Waals surface area contributed by atoms with E-state index in [2.05, 4.69) is 15.1 Å². The maximum atomic E-state index is 13.1. The second-order valence-corrected chi connectivity index (χ2v) is 6.06. The van der Waals surface area contributed by atoms with Gasteiger partial charge < -0.3 is 9.74 Å². The van der Waals surface area contributed by atoms with E-state index < -0.39 is 0 Å². The number of carbonyl (C=O) groups excluding carboxylic acids is 1. The summed E-state index contributed by atoms with van der Waals surface area (Å²) in [7, 11) is 3.90. The van der Waals surface area contributed by atoms with Crippen molar-refractivity contribution in [3.8, 4) is 11.3 Å². The number of nitrogens with zero attached hydrogens (tertiary/aromatic N) is 5. The Bertz CT molecular complexity index is 990. The number of fused-ring (bicyclic) bond motifs is 5. The zero-order valence-corrected chi connectivity index (χ0v) is 14.0.